The van der Waals surface area contributed by atoms with Crippen LogP contribution >= 0.6 is 12.4 Å². The first-order valence-electron chi connectivity index (χ1n) is 5.61. The van der Waals surface area contributed by atoms with E-state index in [9.17, 15) is 5.11 Å². The van der Waals surface area contributed by atoms with Gasteiger partial charge in [-0.3, -0.25) is 0 Å². The Kier molecular flexibility index (Phi) is 3.50. The van der Waals surface area contributed by atoms with Crippen molar-refractivity contribution in [3.8, 4) is 17.1 Å². The number of aromatic hydroxyl groups is 1. The number of aromatic nitrogens is 2. The van der Waals surface area contributed by atoms with Gasteiger partial charge in [0.2, 0.25) is 0 Å². The number of phenols is 1. The van der Waals surface area contributed by atoms with E-state index in [0.29, 0.717) is 11.7 Å². The SMILES string of the molecule is Cl.N[C@H]1C[C@@H]1c1cnc(-c2ccc(O)cc2)nc1. The van der Waals surface area contributed by atoms with Crippen LogP contribution < -0.4 is 5.73 Å². The lowest BCUT2D eigenvalue weighted by atomic mass is 10.2. The third kappa shape index (κ3) is 2.44. The fourth-order valence-electron chi connectivity index (χ4n) is 1.89. The molecule has 3 N–H and O–H groups in total. The minimum absolute atomic E-state index is 0. The molecule has 1 heterocycles. The van der Waals surface area contributed by atoms with Gasteiger partial charge in [-0.05, 0) is 36.2 Å². The number of hydrogen-bond acceptors (Lipinski definition) is 4. The zero-order valence-corrected chi connectivity index (χ0v) is 10.5. The first-order valence-corrected chi connectivity index (χ1v) is 5.61. The quantitative estimate of drug-likeness (QED) is 0.870. The van der Waals surface area contributed by atoms with Gasteiger partial charge in [-0.2, -0.15) is 0 Å². The van der Waals surface area contributed by atoms with Crippen LogP contribution in [-0.4, -0.2) is 21.1 Å². The summed E-state index contributed by atoms with van der Waals surface area (Å²) in [6.07, 6.45) is 4.71. The Morgan fingerprint density at radius 1 is 1.11 bits per heavy atom. The van der Waals surface area contributed by atoms with Crippen LogP contribution in [0.2, 0.25) is 0 Å². The van der Waals surface area contributed by atoms with Crippen LogP contribution in [0.3, 0.4) is 0 Å². The van der Waals surface area contributed by atoms with Gasteiger partial charge in [0.05, 0.1) is 0 Å². The van der Waals surface area contributed by atoms with Crippen LogP contribution in [0.15, 0.2) is 36.7 Å². The molecule has 2 aromatic rings. The molecule has 0 amide bonds. The van der Waals surface area contributed by atoms with Gasteiger partial charge in [0.15, 0.2) is 5.82 Å². The predicted octanol–water partition coefficient (Wildman–Crippen LogP) is 2.09. The summed E-state index contributed by atoms with van der Waals surface area (Å²) in [5.41, 5.74) is 7.79. The lowest BCUT2D eigenvalue weighted by molar-refractivity contribution is 0.475. The fourth-order valence-corrected chi connectivity index (χ4v) is 1.89. The van der Waals surface area contributed by atoms with Crippen LogP contribution in [0.25, 0.3) is 11.4 Å². The molecule has 1 fully saturated rings. The van der Waals surface area contributed by atoms with Crippen molar-refractivity contribution >= 4 is 12.4 Å². The molecular weight excluding hydrogens is 250 g/mol. The van der Waals surface area contributed by atoms with E-state index in [-0.39, 0.29) is 24.2 Å². The average Bonchev–Trinajstić information content (AvgIpc) is 3.08. The summed E-state index contributed by atoms with van der Waals surface area (Å²) >= 11 is 0. The number of phenolic OH excluding ortho intramolecular Hbond substituents is 1. The van der Waals surface area contributed by atoms with E-state index in [1.165, 1.54) is 0 Å². The van der Waals surface area contributed by atoms with Crippen molar-refractivity contribution in [1.29, 1.82) is 0 Å². The highest BCUT2D eigenvalue weighted by Gasteiger charge is 2.35. The summed E-state index contributed by atoms with van der Waals surface area (Å²) in [6, 6.07) is 7.13. The lowest BCUT2D eigenvalue weighted by Crippen LogP contribution is -2.01. The Labute approximate surface area is 111 Å². The van der Waals surface area contributed by atoms with E-state index >= 15 is 0 Å². The van der Waals surface area contributed by atoms with Gasteiger partial charge in [-0.1, -0.05) is 0 Å². The van der Waals surface area contributed by atoms with Gasteiger partial charge >= 0.3 is 0 Å². The molecule has 4 nitrogen and oxygen atoms in total. The highest BCUT2D eigenvalue weighted by Crippen LogP contribution is 2.38. The molecule has 1 aromatic heterocycles. The summed E-state index contributed by atoms with van der Waals surface area (Å²) in [5.74, 6) is 1.35. The Morgan fingerprint density at radius 3 is 2.17 bits per heavy atom. The third-order valence-electron chi connectivity index (χ3n) is 3.07. The minimum atomic E-state index is 0. The van der Waals surface area contributed by atoms with Crippen molar-refractivity contribution in [2.45, 2.75) is 18.4 Å². The molecular formula is C13H14ClN3O. The Hall–Kier alpha value is -1.65. The smallest absolute Gasteiger partial charge is 0.159 e. The number of halogens is 1. The number of rotatable bonds is 2. The molecule has 1 aromatic carbocycles. The van der Waals surface area contributed by atoms with Crippen molar-refractivity contribution in [2.24, 2.45) is 5.73 Å². The third-order valence-corrected chi connectivity index (χ3v) is 3.07. The topological polar surface area (TPSA) is 72.0 Å². The number of nitrogens with zero attached hydrogens (tertiary/aromatic N) is 2. The standard InChI is InChI=1S/C13H13N3O.ClH/c14-12-5-11(12)9-6-15-13(16-7-9)8-1-3-10(17)4-2-8;/h1-4,6-7,11-12,17H,5,14H2;1H/t11-,12+;/m1./s1. The fraction of sp³-hybridized carbons (Fsp3) is 0.231. The summed E-state index contributed by atoms with van der Waals surface area (Å²) in [4.78, 5) is 8.65. The lowest BCUT2D eigenvalue weighted by Gasteiger charge is -2.02. The molecule has 0 saturated heterocycles. The van der Waals surface area contributed by atoms with Crippen molar-refractivity contribution in [3.63, 3.8) is 0 Å². The molecule has 1 aliphatic carbocycles. The Bertz CT molecular complexity index is 527. The first-order chi connectivity index (χ1) is 8.24. The summed E-state index contributed by atoms with van der Waals surface area (Å²) in [7, 11) is 0. The minimum Gasteiger partial charge on any atom is -0.508 e. The molecule has 0 unspecified atom stereocenters. The van der Waals surface area contributed by atoms with E-state index in [4.69, 9.17) is 5.73 Å². The average molecular weight is 264 g/mol. The van der Waals surface area contributed by atoms with Crippen LogP contribution in [0, 0.1) is 0 Å². The van der Waals surface area contributed by atoms with Crippen molar-refractivity contribution in [1.82, 2.24) is 9.97 Å². The maximum atomic E-state index is 9.20. The van der Waals surface area contributed by atoms with E-state index in [0.717, 1.165) is 17.5 Å². The van der Waals surface area contributed by atoms with Crippen LogP contribution in [-0.2, 0) is 0 Å². The second-order valence-corrected chi connectivity index (χ2v) is 4.39. The maximum absolute atomic E-state index is 9.20. The molecule has 0 spiro atoms. The highest BCUT2D eigenvalue weighted by molar-refractivity contribution is 5.85. The van der Waals surface area contributed by atoms with Crippen LogP contribution in [0.5, 0.6) is 5.75 Å². The molecule has 18 heavy (non-hydrogen) atoms. The number of benzene rings is 1. The van der Waals surface area contributed by atoms with Gasteiger partial charge < -0.3 is 10.8 Å². The largest absolute Gasteiger partial charge is 0.508 e. The molecule has 3 rings (SSSR count). The number of hydrogen-bond donors (Lipinski definition) is 2. The molecule has 2 atom stereocenters. The van der Waals surface area contributed by atoms with Crippen LogP contribution in [0.1, 0.15) is 17.9 Å². The molecule has 94 valence electrons. The van der Waals surface area contributed by atoms with Gasteiger partial charge in [0.1, 0.15) is 5.75 Å². The van der Waals surface area contributed by atoms with Gasteiger partial charge in [0, 0.05) is 29.9 Å². The molecule has 0 bridgehead atoms. The molecule has 1 saturated carbocycles. The molecule has 1 aliphatic rings. The summed E-state index contributed by atoms with van der Waals surface area (Å²) < 4.78 is 0. The summed E-state index contributed by atoms with van der Waals surface area (Å²) in [5, 5.41) is 9.20. The second-order valence-electron chi connectivity index (χ2n) is 4.39. The van der Waals surface area contributed by atoms with E-state index in [1.54, 1.807) is 24.3 Å². The summed E-state index contributed by atoms with van der Waals surface area (Å²) in [6.45, 7) is 0. The molecule has 0 aliphatic heterocycles. The van der Waals surface area contributed by atoms with Crippen LogP contribution in [0.4, 0.5) is 0 Å². The van der Waals surface area contributed by atoms with Gasteiger partial charge in [-0.25, -0.2) is 9.97 Å². The highest BCUT2D eigenvalue weighted by atomic mass is 35.5. The van der Waals surface area contributed by atoms with Crippen molar-refractivity contribution in [2.75, 3.05) is 0 Å². The maximum Gasteiger partial charge on any atom is 0.159 e. The second kappa shape index (κ2) is 4.92. The van der Waals surface area contributed by atoms with Gasteiger partial charge in [-0.15, -0.1) is 12.4 Å². The monoisotopic (exact) mass is 263 g/mol. The molecule has 0 radical (unpaired) electrons. The van der Waals surface area contributed by atoms with E-state index in [1.807, 2.05) is 12.4 Å². The zero-order chi connectivity index (χ0) is 11.8. The predicted molar refractivity (Wildman–Crippen MR) is 71.7 cm³/mol. The normalized spacial score (nSPS) is 21.2. The van der Waals surface area contributed by atoms with E-state index in [2.05, 4.69) is 9.97 Å². The van der Waals surface area contributed by atoms with Crippen molar-refractivity contribution < 1.29 is 5.11 Å². The Morgan fingerprint density at radius 2 is 1.67 bits per heavy atom. The van der Waals surface area contributed by atoms with Crippen molar-refractivity contribution in [3.05, 3.63) is 42.2 Å². The van der Waals surface area contributed by atoms with Gasteiger partial charge in [0.25, 0.3) is 0 Å². The number of nitrogens with two attached hydrogens (primary N) is 1. The zero-order valence-electron chi connectivity index (χ0n) is 9.65. The Balaban J connectivity index is 0.00000120. The first kappa shape index (κ1) is 12.8. The molecule has 5 heteroatoms. The van der Waals surface area contributed by atoms with E-state index < -0.39 is 0 Å².